The number of guanidine groups is 1. The lowest BCUT2D eigenvalue weighted by Crippen LogP contribution is -2.39. The first-order valence-corrected chi connectivity index (χ1v) is 9.21. The topological polar surface area (TPSA) is 83.7 Å². The van der Waals surface area contributed by atoms with Crippen LogP contribution in [0.4, 0.5) is 0 Å². The monoisotopic (exact) mass is 351 g/mol. The summed E-state index contributed by atoms with van der Waals surface area (Å²) in [5.41, 5.74) is 3.58. The molecule has 2 heterocycles. The van der Waals surface area contributed by atoms with Crippen molar-refractivity contribution in [2.75, 3.05) is 39.5 Å². The van der Waals surface area contributed by atoms with Crippen LogP contribution in [0.3, 0.4) is 0 Å². The fraction of sp³-hybridized carbons (Fsp3) is 0.778. The van der Waals surface area contributed by atoms with Crippen molar-refractivity contribution in [2.45, 2.75) is 40.0 Å². The number of aromatic nitrogens is 2. The molecule has 7 nitrogen and oxygen atoms in total. The Morgan fingerprint density at radius 3 is 2.76 bits per heavy atom. The standard InChI is InChI=1S/C18H33N5O2/c1-5-19-17(21-12-18(7-10-24)8-11-25-13-18)20-9-6-16-14(2)22-23(4)15(16)3/h24H,5-13H2,1-4H3,(H2,19,20,21). The number of ether oxygens (including phenoxy) is 1. The first-order chi connectivity index (χ1) is 12.0. The molecule has 0 spiro atoms. The van der Waals surface area contributed by atoms with E-state index in [1.54, 1.807) is 0 Å². The van der Waals surface area contributed by atoms with E-state index < -0.39 is 0 Å². The lowest BCUT2D eigenvalue weighted by atomic mass is 9.84. The van der Waals surface area contributed by atoms with E-state index in [4.69, 9.17) is 9.73 Å². The number of aliphatic imine (C=N–C) groups is 1. The van der Waals surface area contributed by atoms with Crippen molar-refractivity contribution in [1.82, 2.24) is 20.4 Å². The first kappa shape index (κ1) is 19.7. The summed E-state index contributed by atoms with van der Waals surface area (Å²) >= 11 is 0. The molecule has 142 valence electrons. The van der Waals surface area contributed by atoms with Crippen LogP contribution in [0.15, 0.2) is 4.99 Å². The molecule has 0 bridgehead atoms. The second-order valence-electron chi connectivity index (χ2n) is 6.92. The summed E-state index contributed by atoms with van der Waals surface area (Å²) in [6, 6.07) is 0. The van der Waals surface area contributed by atoms with Gasteiger partial charge in [-0.3, -0.25) is 9.67 Å². The molecule has 1 aromatic heterocycles. The largest absolute Gasteiger partial charge is 0.396 e. The van der Waals surface area contributed by atoms with Crippen molar-refractivity contribution >= 4 is 5.96 Å². The van der Waals surface area contributed by atoms with Gasteiger partial charge in [0, 0.05) is 44.5 Å². The smallest absolute Gasteiger partial charge is 0.191 e. The third-order valence-electron chi connectivity index (χ3n) is 5.07. The van der Waals surface area contributed by atoms with Gasteiger partial charge in [-0.1, -0.05) is 0 Å². The van der Waals surface area contributed by atoms with Crippen LogP contribution in [0.2, 0.25) is 0 Å². The molecular weight excluding hydrogens is 318 g/mol. The minimum atomic E-state index is -0.0202. The molecule has 25 heavy (non-hydrogen) atoms. The van der Waals surface area contributed by atoms with Crippen LogP contribution in [0.5, 0.6) is 0 Å². The van der Waals surface area contributed by atoms with E-state index in [0.29, 0.717) is 13.2 Å². The zero-order valence-corrected chi connectivity index (χ0v) is 16.1. The molecule has 0 aromatic carbocycles. The van der Waals surface area contributed by atoms with Gasteiger partial charge in [0.15, 0.2) is 5.96 Å². The number of aliphatic hydroxyl groups excluding tert-OH is 1. The number of nitrogens with one attached hydrogen (secondary N) is 2. The quantitative estimate of drug-likeness (QED) is 0.479. The third kappa shape index (κ3) is 5.19. The van der Waals surface area contributed by atoms with E-state index in [1.165, 1.54) is 11.3 Å². The van der Waals surface area contributed by atoms with E-state index >= 15 is 0 Å². The van der Waals surface area contributed by atoms with Gasteiger partial charge >= 0.3 is 0 Å². The number of hydrogen-bond acceptors (Lipinski definition) is 4. The molecule has 1 atom stereocenters. The Labute approximate surface area is 150 Å². The van der Waals surface area contributed by atoms with Crippen molar-refractivity contribution in [1.29, 1.82) is 0 Å². The van der Waals surface area contributed by atoms with Gasteiger partial charge in [0.05, 0.1) is 18.8 Å². The predicted octanol–water partition coefficient (Wildman–Crippen LogP) is 0.924. The number of rotatable bonds is 8. The summed E-state index contributed by atoms with van der Waals surface area (Å²) in [7, 11) is 1.98. The van der Waals surface area contributed by atoms with Crippen LogP contribution in [0, 0.1) is 19.3 Å². The van der Waals surface area contributed by atoms with Crippen LogP contribution < -0.4 is 10.6 Å². The molecule has 0 saturated carbocycles. The van der Waals surface area contributed by atoms with Crippen molar-refractivity contribution in [2.24, 2.45) is 17.5 Å². The molecule has 1 aromatic rings. The van der Waals surface area contributed by atoms with E-state index in [1.807, 2.05) is 11.7 Å². The van der Waals surface area contributed by atoms with Gasteiger partial charge < -0.3 is 20.5 Å². The van der Waals surface area contributed by atoms with E-state index in [2.05, 4.69) is 36.5 Å². The van der Waals surface area contributed by atoms with Gasteiger partial charge in [0.2, 0.25) is 0 Å². The third-order valence-corrected chi connectivity index (χ3v) is 5.07. The normalized spacial score (nSPS) is 20.9. The molecular formula is C18H33N5O2. The number of nitrogens with zero attached hydrogens (tertiary/aromatic N) is 3. The van der Waals surface area contributed by atoms with Gasteiger partial charge in [-0.2, -0.15) is 5.10 Å². The molecule has 0 aliphatic carbocycles. The highest BCUT2D eigenvalue weighted by molar-refractivity contribution is 5.79. The summed E-state index contributed by atoms with van der Waals surface area (Å²) in [5.74, 6) is 0.825. The molecule has 2 rings (SSSR count). The Hall–Kier alpha value is -1.60. The summed E-state index contributed by atoms with van der Waals surface area (Å²) in [6.45, 7) is 10.2. The SMILES string of the molecule is CCNC(=NCC1(CCO)CCOC1)NCCc1c(C)nn(C)c1C. The van der Waals surface area contributed by atoms with Gasteiger partial charge in [0.25, 0.3) is 0 Å². The van der Waals surface area contributed by atoms with Gasteiger partial charge in [-0.15, -0.1) is 0 Å². The van der Waals surface area contributed by atoms with Gasteiger partial charge in [-0.05, 0) is 45.6 Å². The molecule has 3 N–H and O–H groups in total. The maximum absolute atomic E-state index is 9.34. The first-order valence-electron chi connectivity index (χ1n) is 9.21. The van der Waals surface area contributed by atoms with Crippen LogP contribution in [0.1, 0.15) is 36.7 Å². The molecule has 1 aliphatic heterocycles. The highest BCUT2D eigenvalue weighted by Crippen LogP contribution is 2.32. The number of hydrogen-bond donors (Lipinski definition) is 3. The van der Waals surface area contributed by atoms with E-state index in [9.17, 15) is 5.11 Å². The summed E-state index contributed by atoms with van der Waals surface area (Å²) in [5, 5.41) is 20.5. The van der Waals surface area contributed by atoms with Crippen LogP contribution in [-0.4, -0.2) is 60.3 Å². The van der Waals surface area contributed by atoms with Crippen LogP contribution in [0.25, 0.3) is 0 Å². The van der Waals surface area contributed by atoms with E-state index in [-0.39, 0.29) is 12.0 Å². The Balaban J connectivity index is 1.93. The zero-order chi connectivity index (χ0) is 18.3. The summed E-state index contributed by atoms with van der Waals surface area (Å²) in [6.07, 6.45) is 2.62. The van der Waals surface area contributed by atoms with E-state index in [0.717, 1.165) is 50.6 Å². The molecule has 1 aliphatic rings. The van der Waals surface area contributed by atoms with Gasteiger partial charge in [-0.25, -0.2) is 0 Å². The lowest BCUT2D eigenvalue weighted by molar-refractivity contribution is 0.131. The fourth-order valence-corrected chi connectivity index (χ4v) is 3.36. The minimum Gasteiger partial charge on any atom is -0.396 e. The molecule has 0 amide bonds. The number of aryl methyl sites for hydroxylation is 2. The molecule has 0 radical (unpaired) electrons. The molecule has 7 heteroatoms. The molecule has 1 saturated heterocycles. The minimum absolute atomic E-state index is 0.0202. The van der Waals surface area contributed by atoms with Crippen LogP contribution >= 0.6 is 0 Å². The highest BCUT2D eigenvalue weighted by Gasteiger charge is 2.34. The lowest BCUT2D eigenvalue weighted by Gasteiger charge is -2.24. The van der Waals surface area contributed by atoms with Crippen molar-refractivity contribution in [3.8, 4) is 0 Å². The fourth-order valence-electron chi connectivity index (χ4n) is 3.36. The van der Waals surface area contributed by atoms with Crippen molar-refractivity contribution < 1.29 is 9.84 Å². The second-order valence-corrected chi connectivity index (χ2v) is 6.92. The average Bonchev–Trinajstić information content (AvgIpc) is 3.13. The maximum Gasteiger partial charge on any atom is 0.191 e. The van der Waals surface area contributed by atoms with Gasteiger partial charge in [0.1, 0.15) is 0 Å². The summed E-state index contributed by atoms with van der Waals surface area (Å²) in [4.78, 5) is 4.75. The maximum atomic E-state index is 9.34. The Morgan fingerprint density at radius 2 is 2.20 bits per heavy atom. The Bertz CT molecular complexity index is 576. The average molecular weight is 351 g/mol. The van der Waals surface area contributed by atoms with Crippen molar-refractivity contribution in [3.63, 3.8) is 0 Å². The van der Waals surface area contributed by atoms with Crippen LogP contribution in [-0.2, 0) is 18.2 Å². The van der Waals surface area contributed by atoms with Crippen molar-refractivity contribution in [3.05, 3.63) is 17.0 Å². The predicted molar refractivity (Wildman–Crippen MR) is 99.9 cm³/mol. The summed E-state index contributed by atoms with van der Waals surface area (Å²) < 4.78 is 7.48. The Morgan fingerprint density at radius 1 is 1.40 bits per heavy atom. The second kappa shape index (κ2) is 9.20. The Kier molecular flexibility index (Phi) is 7.25. The molecule has 1 unspecified atom stereocenters. The zero-order valence-electron chi connectivity index (χ0n) is 16.1. The highest BCUT2D eigenvalue weighted by atomic mass is 16.5. The number of aliphatic hydroxyl groups is 1. The molecule has 1 fully saturated rings.